The van der Waals surface area contributed by atoms with E-state index in [1.807, 2.05) is 0 Å². The van der Waals surface area contributed by atoms with Gasteiger partial charge in [-0.15, -0.1) is 0 Å². The number of rotatable bonds is 7. The second kappa shape index (κ2) is 8.80. The van der Waals surface area contributed by atoms with Crippen molar-refractivity contribution in [3.8, 4) is 0 Å². The first-order valence-electron chi connectivity index (χ1n) is 2.86. The third kappa shape index (κ3) is 7.80. The molecule has 0 aliphatic heterocycles. The van der Waals surface area contributed by atoms with Crippen LogP contribution in [0.3, 0.4) is 0 Å². The molecule has 0 aromatic rings. The predicted octanol–water partition coefficient (Wildman–Crippen LogP) is -1.11. The molecular formula is C5H12O5. The fourth-order valence-electron chi connectivity index (χ4n) is 0.338. The molecule has 0 fully saturated rings. The van der Waals surface area contributed by atoms with E-state index in [0.29, 0.717) is 13.2 Å². The van der Waals surface area contributed by atoms with Crippen molar-refractivity contribution >= 4 is 0 Å². The Morgan fingerprint density at radius 3 is 2.00 bits per heavy atom. The molecule has 0 atom stereocenters. The van der Waals surface area contributed by atoms with Gasteiger partial charge in [0.25, 0.3) is 0 Å². The topological polar surface area (TPSA) is 68.2 Å². The van der Waals surface area contributed by atoms with Crippen LogP contribution in [0.15, 0.2) is 0 Å². The summed E-state index contributed by atoms with van der Waals surface area (Å²) in [6, 6.07) is 0. The van der Waals surface area contributed by atoms with Crippen molar-refractivity contribution in [3.63, 3.8) is 0 Å². The average Bonchev–Trinajstić information content (AvgIpc) is 1.97. The van der Waals surface area contributed by atoms with Crippen LogP contribution in [-0.4, -0.2) is 43.8 Å². The van der Waals surface area contributed by atoms with E-state index in [9.17, 15) is 0 Å². The first-order chi connectivity index (χ1) is 4.91. The Hall–Kier alpha value is -0.200. The van der Waals surface area contributed by atoms with Crippen molar-refractivity contribution in [3.05, 3.63) is 0 Å². The minimum Gasteiger partial charge on any atom is -0.371 e. The van der Waals surface area contributed by atoms with Gasteiger partial charge < -0.3 is 24.4 Å². The highest BCUT2D eigenvalue weighted by molar-refractivity contribution is 4.21. The summed E-state index contributed by atoms with van der Waals surface area (Å²) in [5.74, 6) is 0. The lowest BCUT2D eigenvalue weighted by atomic mass is 10.8. The Morgan fingerprint density at radius 2 is 1.40 bits per heavy atom. The molecule has 0 amide bonds. The van der Waals surface area contributed by atoms with E-state index in [2.05, 4.69) is 9.47 Å². The quantitative estimate of drug-likeness (QED) is 0.358. The Morgan fingerprint density at radius 1 is 0.800 bits per heavy atom. The lowest BCUT2D eigenvalue weighted by Gasteiger charge is -2.02. The Labute approximate surface area is 59.1 Å². The van der Waals surface area contributed by atoms with Gasteiger partial charge in [-0.1, -0.05) is 0 Å². The molecule has 0 aromatic heterocycles. The van der Waals surface area contributed by atoms with Crippen molar-refractivity contribution in [1.29, 1.82) is 0 Å². The van der Waals surface area contributed by atoms with E-state index in [1.54, 1.807) is 0 Å². The van der Waals surface area contributed by atoms with Crippen molar-refractivity contribution in [2.75, 3.05) is 33.6 Å². The second-order valence-electron chi connectivity index (χ2n) is 1.40. The minimum atomic E-state index is -0.346. The summed E-state index contributed by atoms with van der Waals surface area (Å²) in [7, 11) is 0. The van der Waals surface area contributed by atoms with E-state index in [0.717, 1.165) is 0 Å². The minimum absolute atomic E-state index is 0.0469. The molecule has 5 heteroatoms. The maximum absolute atomic E-state index is 8.12. The van der Waals surface area contributed by atoms with Gasteiger partial charge in [0, 0.05) is 0 Å². The molecule has 0 aromatic carbocycles. The summed E-state index contributed by atoms with van der Waals surface area (Å²) in [5.41, 5.74) is 0. The smallest absolute Gasteiger partial charge is 0.149 e. The maximum atomic E-state index is 8.12. The lowest BCUT2D eigenvalue weighted by molar-refractivity contribution is -0.121. The van der Waals surface area contributed by atoms with Crippen LogP contribution in [-0.2, 0) is 14.2 Å². The largest absolute Gasteiger partial charge is 0.371 e. The van der Waals surface area contributed by atoms with Crippen LogP contribution >= 0.6 is 0 Å². The first kappa shape index (κ1) is 9.80. The second-order valence-corrected chi connectivity index (χ2v) is 1.40. The van der Waals surface area contributed by atoms with Crippen molar-refractivity contribution in [1.82, 2.24) is 0 Å². The third-order valence-electron chi connectivity index (χ3n) is 0.721. The van der Waals surface area contributed by atoms with Gasteiger partial charge >= 0.3 is 0 Å². The van der Waals surface area contributed by atoms with Gasteiger partial charge in [-0.05, 0) is 0 Å². The summed E-state index contributed by atoms with van der Waals surface area (Å²) < 4.78 is 13.7. The van der Waals surface area contributed by atoms with Crippen LogP contribution in [0.5, 0.6) is 0 Å². The molecule has 0 spiro atoms. The zero-order valence-corrected chi connectivity index (χ0v) is 5.65. The zero-order chi connectivity index (χ0) is 7.66. The van der Waals surface area contributed by atoms with E-state index >= 15 is 0 Å². The highest BCUT2D eigenvalue weighted by Crippen LogP contribution is 1.77. The molecule has 0 saturated heterocycles. The lowest BCUT2D eigenvalue weighted by Crippen LogP contribution is -2.07. The van der Waals surface area contributed by atoms with Gasteiger partial charge in [0.1, 0.15) is 20.4 Å². The summed E-state index contributed by atoms with van der Waals surface area (Å²) in [5, 5.41) is 16.2. The molecule has 0 rings (SSSR count). The molecule has 0 aliphatic carbocycles. The van der Waals surface area contributed by atoms with Crippen LogP contribution in [0.25, 0.3) is 0 Å². The molecule has 62 valence electrons. The Kier molecular flexibility index (Phi) is 8.62. The van der Waals surface area contributed by atoms with Gasteiger partial charge in [-0.2, -0.15) is 0 Å². The average molecular weight is 152 g/mol. The number of aliphatic hydroxyl groups is 2. The first-order valence-corrected chi connectivity index (χ1v) is 2.86. The maximum Gasteiger partial charge on any atom is 0.149 e. The van der Waals surface area contributed by atoms with Crippen LogP contribution in [0.4, 0.5) is 0 Å². The zero-order valence-electron chi connectivity index (χ0n) is 5.65. The standard InChI is InChI=1S/C5H12O5/c6-3-8-1-2-9-5-10-4-7/h6-7H,1-5H2. The van der Waals surface area contributed by atoms with E-state index in [-0.39, 0.29) is 20.4 Å². The number of hydrogen-bond donors (Lipinski definition) is 2. The molecule has 0 radical (unpaired) electrons. The van der Waals surface area contributed by atoms with Crippen LogP contribution < -0.4 is 0 Å². The van der Waals surface area contributed by atoms with Crippen molar-refractivity contribution in [2.24, 2.45) is 0 Å². The normalized spacial score (nSPS) is 10.2. The summed E-state index contributed by atoms with van der Waals surface area (Å²) in [6.45, 7) is 0.0716. The van der Waals surface area contributed by atoms with Crippen LogP contribution in [0.1, 0.15) is 0 Å². The molecule has 5 nitrogen and oxygen atoms in total. The summed E-state index contributed by atoms with van der Waals surface area (Å²) in [4.78, 5) is 0. The fourth-order valence-corrected chi connectivity index (χ4v) is 0.338. The van der Waals surface area contributed by atoms with Crippen LogP contribution in [0.2, 0.25) is 0 Å². The molecule has 0 unspecified atom stereocenters. The van der Waals surface area contributed by atoms with Crippen molar-refractivity contribution < 1.29 is 24.4 Å². The van der Waals surface area contributed by atoms with Gasteiger partial charge in [-0.3, -0.25) is 0 Å². The molecule has 0 bridgehead atoms. The molecule has 0 saturated carbocycles. The van der Waals surface area contributed by atoms with Gasteiger partial charge in [0.15, 0.2) is 0 Å². The van der Waals surface area contributed by atoms with Gasteiger partial charge in [0.05, 0.1) is 13.2 Å². The van der Waals surface area contributed by atoms with E-state index in [1.165, 1.54) is 0 Å². The Bertz CT molecular complexity index is 50.0. The monoisotopic (exact) mass is 152 g/mol. The molecule has 2 N–H and O–H groups in total. The number of hydrogen-bond acceptors (Lipinski definition) is 5. The molecular weight excluding hydrogens is 140 g/mol. The number of aliphatic hydroxyl groups excluding tert-OH is 2. The van der Waals surface area contributed by atoms with Crippen LogP contribution in [0, 0.1) is 0 Å². The summed E-state index contributed by atoms with van der Waals surface area (Å²) >= 11 is 0. The predicted molar refractivity (Wildman–Crippen MR) is 32.0 cm³/mol. The molecule has 10 heavy (non-hydrogen) atoms. The van der Waals surface area contributed by atoms with E-state index < -0.39 is 0 Å². The fraction of sp³-hybridized carbons (Fsp3) is 1.00. The van der Waals surface area contributed by atoms with Gasteiger partial charge in [0.2, 0.25) is 0 Å². The highest BCUT2D eigenvalue weighted by Gasteiger charge is 1.86. The van der Waals surface area contributed by atoms with E-state index in [4.69, 9.17) is 14.9 Å². The highest BCUT2D eigenvalue weighted by atomic mass is 16.7. The van der Waals surface area contributed by atoms with Crippen molar-refractivity contribution in [2.45, 2.75) is 0 Å². The molecule has 0 aliphatic rings. The molecule has 0 heterocycles. The summed E-state index contributed by atoms with van der Waals surface area (Å²) in [6.07, 6.45) is 0. The third-order valence-corrected chi connectivity index (χ3v) is 0.721. The Balaban J connectivity index is 2.65. The number of ether oxygens (including phenoxy) is 3. The SMILES string of the molecule is OCOCCOCOCO. The van der Waals surface area contributed by atoms with Gasteiger partial charge in [-0.25, -0.2) is 0 Å².